The third-order valence-corrected chi connectivity index (χ3v) is 3.65. The average Bonchev–Trinajstić information content (AvgIpc) is 2.53. The number of benzene rings is 1. The Kier molecular flexibility index (Phi) is 8.50. The van der Waals surface area contributed by atoms with Gasteiger partial charge in [0.1, 0.15) is 0 Å². The number of carboxylic acid groups (broad SMARTS) is 1. The highest BCUT2D eigenvalue weighted by Crippen LogP contribution is 2.08. The van der Waals surface area contributed by atoms with Crippen molar-refractivity contribution in [3.63, 3.8) is 0 Å². The molecule has 0 radical (unpaired) electrons. The Bertz CT molecular complexity index is 502. The minimum absolute atomic E-state index is 0.0294. The summed E-state index contributed by atoms with van der Waals surface area (Å²) >= 11 is 0. The average molecular weight is 318 g/mol. The summed E-state index contributed by atoms with van der Waals surface area (Å²) in [5.74, 6) is -0.858. The van der Waals surface area contributed by atoms with E-state index in [1.54, 1.807) is 6.08 Å². The van der Waals surface area contributed by atoms with Gasteiger partial charge in [-0.3, -0.25) is 4.79 Å². The lowest BCUT2D eigenvalue weighted by molar-refractivity contribution is -0.137. The molecule has 0 bridgehead atoms. The third kappa shape index (κ3) is 8.04. The van der Waals surface area contributed by atoms with Crippen LogP contribution in [0.4, 0.5) is 4.79 Å². The molecule has 3 N–H and O–H groups in total. The molecule has 1 rings (SSSR count). The van der Waals surface area contributed by atoms with Gasteiger partial charge in [-0.15, -0.1) is 6.58 Å². The van der Waals surface area contributed by atoms with E-state index in [0.717, 1.165) is 12.0 Å². The molecule has 0 aliphatic carbocycles. The van der Waals surface area contributed by atoms with E-state index in [1.807, 2.05) is 37.3 Å². The van der Waals surface area contributed by atoms with Crippen LogP contribution in [0.5, 0.6) is 0 Å². The smallest absolute Gasteiger partial charge is 0.315 e. The quantitative estimate of drug-likeness (QED) is 0.580. The van der Waals surface area contributed by atoms with Crippen molar-refractivity contribution in [1.82, 2.24) is 10.6 Å². The monoisotopic (exact) mass is 318 g/mol. The maximum absolute atomic E-state index is 12.1. The van der Waals surface area contributed by atoms with Gasteiger partial charge >= 0.3 is 12.0 Å². The van der Waals surface area contributed by atoms with Gasteiger partial charge in [0.2, 0.25) is 0 Å². The van der Waals surface area contributed by atoms with E-state index in [1.165, 1.54) is 0 Å². The van der Waals surface area contributed by atoms with Crippen LogP contribution in [0.1, 0.15) is 38.2 Å². The number of carbonyl (C=O) groups excluding carboxylic acids is 1. The summed E-state index contributed by atoms with van der Waals surface area (Å²) in [6.07, 6.45) is 4.35. The molecule has 126 valence electrons. The van der Waals surface area contributed by atoms with Crippen LogP contribution in [0.2, 0.25) is 0 Å². The number of urea groups is 1. The Labute approximate surface area is 137 Å². The number of carbonyl (C=O) groups is 2. The fourth-order valence-corrected chi connectivity index (χ4v) is 2.36. The van der Waals surface area contributed by atoms with Gasteiger partial charge in [0.25, 0.3) is 0 Å². The second-order valence-corrected chi connectivity index (χ2v) is 5.57. The van der Waals surface area contributed by atoms with Crippen molar-refractivity contribution >= 4 is 12.0 Å². The lowest BCUT2D eigenvalue weighted by Gasteiger charge is -2.21. The number of amides is 2. The summed E-state index contributed by atoms with van der Waals surface area (Å²) in [6, 6.07) is 9.31. The minimum Gasteiger partial charge on any atom is -0.481 e. The largest absolute Gasteiger partial charge is 0.481 e. The molecule has 0 heterocycles. The first kappa shape index (κ1) is 18.7. The van der Waals surface area contributed by atoms with Crippen LogP contribution in [0.25, 0.3) is 0 Å². The molecule has 0 aliphatic rings. The number of rotatable bonds is 10. The lowest BCUT2D eigenvalue weighted by atomic mass is 10.0. The molecular weight excluding hydrogens is 292 g/mol. The molecule has 0 spiro atoms. The Morgan fingerprint density at radius 3 is 2.43 bits per heavy atom. The molecule has 1 aromatic rings. The Balaban J connectivity index is 2.62. The van der Waals surface area contributed by atoms with Gasteiger partial charge in [-0.1, -0.05) is 43.3 Å². The molecule has 5 heteroatoms. The first-order valence-corrected chi connectivity index (χ1v) is 7.98. The maximum Gasteiger partial charge on any atom is 0.315 e. The van der Waals surface area contributed by atoms with Crippen LogP contribution in [-0.4, -0.2) is 29.2 Å². The maximum atomic E-state index is 12.1. The molecule has 0 aliphatic heterocycles. The molecule has 2 unspecified atom stereocenters. The Morgan fingerprint density at radius 1 is 1.22 bits per heavy atom. The van der Waals surface area contributed by atoms with E-state index in [4.69, 9.17) is 5.11 Å². The molecule has 0 aromatic heterocycles. The zero-order valence-corrected chi connectivity index (χ0v) is 13.6. The Morgan fingerprint density at radius 2 is 1.87 bits per heavy atom. The van der Waals surface area contributed by atoms with Crippen LogP contribution in [-0.2, 0) is 11.2 Å². The van der Waals surface area contributed by atoms with Crippen molar-refractivity contribution in [2.45, 2.75) is 51.1 Å². The number of nitrogens with one attached hydrogen (secondary N) is 2. The summed E-state index contributed by atoms with van der Waals surface area (Å²) < 4.78 is 0. The Hall–Kier alpha value is -2.30. The molecule has 5 nitrogen and oxygen atoms in total. The van der Waals surface area contributed by atoms with E-state index in [9.17, 15) is 9.59 Å². The summed E-state index contributed by atoms with van der Waals surface area (Å²) in [5, 5.41) is 14.7. The molecule has 2 atom stereocenters. The zero-order valence-electron chi connectivity index (χ0n) is 13.6. The van der Waals surface area contributed by atoms with Crippen LogP contribution in [0.3, 0.4) is 0 Å². The third-order valence-electron chi connectivity index (χ3n) is 3.65. The predicted molar refractivity (Wildman–Crippen MR) is 91.4 cm³/mol. The van der Waals surface area contributed by atoms with Crippen molar-refractivity contribution in [2.24, 2.45) is 0 Å². The highest BCUT2D eigenvalue weighted by Gasteiger charge is 2.16. The standard InChI is InChI=1S/C18H26N2O3/c1-3-8-15(4-2)19-18(23)20-16(11-12-17(21)22)13-14-9-6-5-7-10-14/h3,5-7,9-10,15-16H,1,4,8,11-13H2,2H3,(H,21,22)(H2,19,20,23). The fraction of sp³-hybridized carbons (Fsp3) is 0.444. The number of hydrogen-bond acceptors (Lipinski definition) is 2. The normalized spacial score (nSPS) is 12.9. The van der Waals surface area contributed by atoms with Crippen molar-refractivity contribution < 1.29 is 14.7 Å². The first-order chi connectivity index (χ1) is 11.0. The van der Waals surface area contributed by atoms with Crippen molar-refractivity contribution in [3.05, 3.63) is 48.6 Å². The van der Waals surface area contributed by atoms with Crippen molar-refractivity contribution in [3.8, 4) is 0 Å². The van der Waals surface area contributed by atoms with Crippen molar-refractivity contribution in [2.75, 3.05) is 0 Å². The van der Waals surface area contributed by atoms with E-state index in [0.29, 0.717) is 19.3 Å². The number of aliphatic carboxylic acids is 1. The molecule has 0 saturated carbocycles. The molecular formula is C18H26N2O3. The lowest BCUT2D eigenvalue weighted by Crippen LogP contribution is -2.46. The molecule has 0 fully saturated rings. The summed E-state index contributed by atoms with van der Waals surface area (Å²) in [5.41, 5.74) is 1.07. The molecule has 0 saturated heterocycles. The van der Waals surface area contributed by atoms with Gasteiger partial charge in [0.05, 0.1) is 0 Å². The van der Waals surface area contributed by atoms with E-state index in [-0.39, 0.29) is 24.5 Å². The zero-order chi connectivity index (χ0) is 17.1. The van der Waals surface area contributed by atoms with Crippen LogP contribution >= 0.6 is 0 Å². The van der Waals surface area contributed by atoms with Gasteiger partial charge in [0.15, 0.2) is 0 Å². The number of carboxylic acids is 1. The summed E-state index contributed by atoms with van der Waals surface area (Å²) in [4.78, 5) is 22.9. The van der Waals surface area contributed by atoms with Crippen LogP contribution in [0.15, 0.2) is 43.0 Å². The number of hydrogen-bond donors (Lipinski definition) is 3. The van der Waals surface area contributed by atoms with Gasteiger partial charge in [-0.25, -0.2) is 4.79 Å². The fourth-order valence-electron chi connectivity index (χ4n) is 2.36. The van der Waals surface area contributed by atoms with E-state index in [2.05, 4.69) is 17.2 Å². The van der Waals surface area contributed by atoms with Gasteiger partial charge in [0, 0.05) is 18.5 Å². The van der Waals surface area contributed by atoms with Gasteiger partial charge in [-0.05, 0) is 31.2 Å². The second-order valence-electron chi connectivity index (χ2n) is 5.57. The summed E-state index contributed by atoms with van der Waals surface area (Å²) in [7, 11) is 0. The highest BCUT2D eigenvalue weighted by molar-refractivity contribution is 5.74. The van der Waals surface area contributed by atoms with E-state index < -0.39 is 5.97 Å². The van der Waals surface area contributed by atoms with Gasteiger partial charge in [-0.2, -0.15) is 0 Å². The minimum atomic E-state index is -0.858. The first-order valence-electron chi connectivity index (χ1n) is 7.98. The highest BCUT2D eigenvalue weighted by atomic mass is 16.4. The van der Waals surface area contributed by atoms with Crippen molar-refractivity contribution in [1.29, 1.82) is 0 Å². The SMILES string of the molecule is C=CCC(CC)NC(=O)NC(CCC(=O)O)Cc1ccccc1. The van der Waals surface area contributed by atoms with Crippen LogP contribution in [0, 0.1) is 0 Å². The summed E-state index contributed by atoms with van der Waals surface area (Å²) in [6.45, 7) is 5.68. The second kappa shape index (κ2) is 10.4. The molecule has 2 amide bonds. The van der Waals surface area contributed by atoms with E-state index >= 15 is 0 Å². The topological polar surface area (TPSA) is 78.4 Å². The molecule has 1 aromatic carbocycles. The van der Waals surface area contributed by atoms with Crippen LogP contribution < -0.4 is 10.6 Å². The predicted octanol–water partition coefficient (Wildman–Crippen LogP) is 3.12. The molecule has 23 heavy (non-hydrogen) atoms. The van der Waals surface area contributed by atoms with Gasteiger partial charge < -0.3 is 15.7 Å².